The van der Waals surface area contributed by atoms with Crippen LogP contribution in [0.15, 0.2) is 17.0 Å². The van der Waals surface area contributed by atoms with E-state index in [1.165, 1.54) is 19.2 Å². The number of carbonyl (C=O) groups excluding carboxylic acids is 2. The molecule has 30 heavy (non-hydrogen) atoms. The van der Waals surface area contributed by atoms with E-state index in [0.717, 1.165) is 11.8 Å². The molecule has 0 spiro atoms. The van der Waals surface area contributed by atoms with E-state index in [0.29, 0.717) is 0 Å². The van der Waals surface area contributed by atoms with Crippen molar-refractivity contribution in [2.45, 2.75) is 29.8 Å². The number of hydrogen-bond donors (Lipinski definition) is 7. The molecular formula is C17H23N3O9S. The third kappa shape index (κ3) is 8.05. The number of amides is 2. The molecule has 0 bridgehead atoms. The van der Waals surface area contributed by atoms with Crippen molar-refractivity contribution in [2.75, 3.05) is 19.4 Å². The molecule has 2 amide bonds. The molecule has 166 valence electrons. The zero-order chi connectivity index (χ0) is 22.8. The minimum Gasteiger partial charge on any atom is -0.508 e. The maximum absolute atomic E-state index is 12.3. The summed E-state index contributed by atoms with van der Waals surface area (Å²) in [5.41, 5.74) is 5.34. The van der Waals surface area contributed by atoms with Crippen molar-refractivity contribution in [3.63, 3.8) is 0 Å². The lowest BCUT2D eigenvalue weighted by Gasteiger charge is -2.19. The van der Waals surface area contributed by atoms with Gasteiger partial charge in [-0.15, -0.1) is 11.8 Å². The highest BCUT2D eigenvalue weighted by molar-refractivity contribution is 7.99. The van der Waals surface area contributed by atoms with Gasteiger partial charge in [-0.3, -0.25) is 19.2 Å². The second kappa shape index (κ2) is 11.7. The molecule has 8 N–H and O–H groups in total. The van der Waals surface area contributed by atoms with Gasteiger partial charge in [0.15, 0.2) is 11.5 Å². The number of carboxylic acid groups (broad SMARTS) is 2. The van der Waals surface area contributed by atoms with Gasteiger partial charge in [-0.05, 0) is 12.5 Å². The largest absolute Gasteiger partial charge is 0.508 e. The van der Waals surface area contributed by atoms with Crippen molar-refractivity contribution in [2.24, 2.45) is 5.73 Å². The molecule has 0 fully saturated rings. The average Bonchev–Trinajstić information content (AvgIpc) is 2.68. The van der Waals surface area contributed by atoms with Gasteiger partial charge >= 0.3 is 11.9 Å². The highest BCUT2D eigenvalue weighted by Crippen LogP contribution is 2.40. The third-order valence-electron chi connectivity index (χ3n) is 3.72. The van der Waals surface area contributed by atoms with Crippen LogP contribution in [0.4, 0.5) is 0 Å². The van der Waals surface area contributed by atoms with Crippen molar-refractivity contribution in [1.29, 1.82) is 0 Å². The Bertz CT molecular complexity index is 803. The van der Waals surface area contributed by atoms with Crippen LogP contribution in [0.2, 0.25) is 0 Å². The van der Waals surface area contributed by atoms with Gasteiger partial charge in [0, 0.05) is 18.2 Å². The van der Waals surface area contributed by atoms with Gasteiger partial charge in [0.25, 0.3) is 0 Å². The number of phenols is 2. The van der Waals surface area contributed by atoms with Gasteiger partial charge in [0.05, 0.1) is 12.0 Å². The maximum atomic E-state index is 12.3. The van der Waals surface area contributed by atoms with Crippen molar-refractivity contribution in [1.82, 2.24) is 10.6 Å². The SMILES string of the molecule is COc1cc(O)cc(SCC(NC(=O)CCC(N)C(=O)O)C(=O)NCC(=O)O)c1O. The molecule has 1 rings (SSSR count). The number of benzene rings is 1. The summed E-state index contributed by atoms with van der Waals surface area (Å²) in [7, 11) is 1.28. The van der Waals surface area contributed by atoms with E-state index in [1.807, 2.05) is 0 Å². The predicted molar refractivity (Wildman–Crippen MR) is 104 cm³/mol. The van der Waals surface area contributed by atoms with Gasteiger partial charge in [0.2, 0.25) is 11.8 Å². The summed E-state index contributed by atoms with van der Waals surface area (Å²) in [6, 6.07) is -0.0523. The number of nitrogens with two attached hydrogens (primary N) is 1. The van der Waals surface area contributed by atoms with E-state index in [9.17, 15) is 29.4 Å². The summed E-state index contributed by atoms with van der Waals surface area (Å²) in [4.78, 5) is 45.9. The molecule has 0 radical (unpaired) electrons. The topological polar surface area (TPSA) is 209 Å². The number of carbonyl (C=O) groups is 4. The van der Waals surface area contributed by atoms with Crippen LogP contribution in [0.5, 0.6) is 17.2 Å². The minimum absolute atomic E-state index is 0.00364. The van der Waals surface area contributed by atoms with Crippen molar-refractivity contribution in [3.8, 4) is 17.2 Å². The number of phenolic OH excluding ortho intramolecular Hbond substituents is 2. The number of thioether (sulfide) groups is 1. The van der Waals surface area contributed by atoms with Crippen LogP contribution in [0.1, 0.15) is 12.8 Å². The molecule has 12 nitrogen and oxygen atoms in total. The highest BCUT2D eigenvalue weighted by atomic mass is 32.2. The van der Waals surface area contributed by atoms with Crippen LogP contribution < -0.4 is 21.1 Å². The fourth-order valence-electron chi connectivity index (χ4n) is 2.15. The van der Waals surface area contributed by atoms with Gasteiger partial charge in [-0.25, -0.2) is 0 Å². The Morgan fingerprint density at radius 3 is 2.43 bits per heavy atom. The Labute approximate surface area is 175 Å². The normalized spacial score (nSPS) is 12.5. The number of methoxy groups -OCH3 is 1. The third-order valence-corrected chi connectivity index (χ3v) is 4.84. The molecule has 0 saturated carbocycles. The van der Waals surface area contributed by atoms with Crippen LogP contribution in [-0.2, 0) is 19.2 Å². The van der Waals surface area contributed by atoms with E-state index in [1.54, 1.807) is 0 Å². The average molecular weight is 445 g/mol. The molecular weight excluding hydrogens is 422 g/mol. The van der Waals surface area contributed by atoms with E-state index in [2.05, 4.69) is 10.6 Å². The first-order valence-electron chi connectivity index (χ1n) is 8.55. The van der Waals surface area contributed by atoms with Crippen LogP contribution in [0, 0.1) is 0 Å². The summed E-state index contributed by atoms with van der Waals surface area (Å²) in [6.45, 7) is -0.676. The second-order valence-electron chi connectivity index (χ2n) is 6.02. The Morgan fingerprint density at radius 2 is 1.87 bits per heavy atom. The quantitative estimate of drug-likeness (QED) is 0.154. The van der Waals surface area contributed by atoms with E-state index in [-0.39, 0.29) is 40.7 Å². The van der Waals surface area contributed by atoms with Crippen LogP contribution >= 0.6 is 11.8 Å². The molecule has 0 aliphatic carbocycles. The Hall–Kier alpha value is -3.19. The molecule has 1 aromatic rings. The smallest absolute Gasteiger partial charge is 0.322 e. The number of rotatable bonds is 12. The number of nitrogens with one attached hydrogen (secondary N) is 2. The van der Waals surface area contributed by atoms with Gasteiger partial charge in [0.1, 0.15) is 24.4 Å². The van der Waals surface area contributed by atoms with E-state index in [4.69, 9.17) is 20.7 Å². The maximum Gasteiger partial charge on any atom is 0.322 e. The van der Waals surface area contributed by atoms with Crippen LogP contribution in [0.25, 0.3) is 0 Å². The van der Waals surface area contributed by atoms with E-state index >= 15 is 0 Å². The van der Waals surface area contributed by atoms with Gasteiger partial charge in [-0.2, -0.15) is 0 Å². The number of aliphatic carboxylic acids is 2. The molecule has 0 aliphatic heterocycles. The monoisotopic (exact) mass is 445 g/mol. The molecule has 2 atom stereocenters. The fourth-order valence-corrected chi connectivity index (χ4v) is 3.17. The summed E-state index contributed by atoms with van der Waals surface area (Å²) in [6.07, 6.45) is -0.436. The Kier molecular flexibility index (Phi) is 9.71. The van der Waals surface area contributed by atoms with Gasteiger partial charge < -0.3 is 41.5 Å². The first-order chi connectivity index (χ1) is 14.0. The molecule has 0 heterocycles. The molecule has 2 unspecified atom stereocenters. The predicted octanol–water partition coefficient (Wildman–Crippen LogP) is -0.924. The van der Waals surface area contributed by atoms with E-state index < -0.39 is 42.4 Å². The lowest BCUT2D eigenvalue weighted by atomic mass is 10.1. The van der Waals surface area contributed by atoms with Crippen molar-refractivity contribution < 1.29 is 44.3 Å². The first-order valence-corrected chi connectivity index (χ1v) is 9.53. The molecule has 0 aliphatic rings. The van der Waals surface area contributed by atoms with Crippen LogP contribution in [0.3, 0.4) is 0 Å². The number of ether oxygens (including phenoxy) is 1. The van der Waals surface area contributed by atoms with Crippen LogP contribution in [-0.4, -0.2) is 75.7 Å². The standard InChI is InChI=1S/C17H23N3O9S/c1-29-11-4-8(21)5-12(15(11)25)30-7-10(16(26)19-6-14(23)24)20-13(22)3-2-9(18)17(27)28/h4-5,9-10,21,25H,2-3,6-7,18H2,1H3,(H,19,26)(H,20,22)(H,23,24)(H,27,28). The zero-order valence-corrected chi connectivity index (χ0v) is 16.8. The highest BCUT2D eigenvalue weighted by Gasteiger charge is 2.24. The summed E-state index contributed by atoms with van der Waals surface area (Å²) in [5.74, 6) is -4.66. The molecule has 0 aromatic heterocycles. The lowest BCUT2D eigenvalue weighted by molar-refractivity contribution is -0.139. The Morgan fingerprint density at radius 1 is 1.20 bits per heavy atom. The molecule has 13 heteroatoms. The number of hydrogen-bond acceptors (Lipinski definition) is 9. The summed E-state index contributed by atoms with van der Waals surface area (Å²) in [5, 5.41) is 41.8. The summed E-state index contributed by atoms with van der Waals surface area (Å²) < 4.78 is 4.93. The van der Waals surface area contributed by atoms with Crippen molar-refractivity contribution in [3.05, 3.63) is 12.1 Å². The van der Waals surface area contributed by atoms with Gasteiger partial charge in [-0.1, -0.05) is 0 Å². The fraction of sp³-hybridized carbons (Fsp3) is 0.412. The summed E-state index contributed by atoms with van der Waals surface area (Å²) >= 11 is 0.901. The Balaban J connectivity index is 2.87. The lowest BCUT2D eigenvalue weighted by Crippen LogP contribution is -2.49. The number of carboxylic acids is 2. The zero-order valence-electron chi connectivity index (χ0n) is 16.0. The first kappa shape index (κ1) is 24.8. The second-order valence-corrected chi connectivity index (χ2v) is 7.08. The van der Waals surface area contributed by atoms with Crippen molar-refractivity contribution >= 4 is 35.5 Å². The molecule has 0 saturated heterocycles. The minimum atomic E-state index is -1.29. The molecule has 1 aromatic carbocycles. The number of aromatic hydroxyl groups is 2.